The summed E-state index contributed by atoms with van der Waals surface area (Å²) in [6.07, 6.45) is 2.60. The molecule has 0 bridgehead atoms. The summed E-state index contributed by atoms with van der Waals surface area (Å²) in [5.41, 5.74) is 0.397. The molecule has 2 aliphatic heterocycles. The van der Waals surface area contributed by atoms with Gasteiger partial charge in [0.15, 0.2) is 0 Å². The molecular weight excluding hydrogens is 412 g/mol. The Kier molecular flexibility index (Phi) is 8.51. The maximum atomic E-state index is 12.6. The van der Waals surface area contributed by atoms with Crippen LogP contribution in [0, 0.1) is 0 Å². The van der Waals surface area contributed by atoms with Crippen molar-refractivity contribution in [3.8, 4) is 0 Å². The van der Waals surface area contributed by atoms with E-state index in [0.29, 0.717) is 25.9 Å². The molecule has 2 aliphatic rings. The first kappa shape index (κ1) is 24.5. The number of hydrogen-bond donors (Lipinski definition) is 1. The second-order valence-electron chi connectivity index (χ2n) is 9.59. The fourth-order valence-electron chi connectivity index (χ4n) is 4.40. The first-order chi connectivity index (χ1) is 15.3. The number of likely N-dealkylation sites (tertiary alicyclic amines) is 1. The Morgan fingerprint density at radius 1 is 1.03 bits per heavy atom. The summed E-state index contributed by atoms with van der Waals surface area (Å²) in [5.74, 6) is -0.358. The smallest absolute Gasteiger partial charge is 0.458 e. The molecule has 0 spiro atoms. The summed E-state index contributed by atoms with van der Waals surface area (Å²) < 4.78 is 16.8. The molecule has 1 N–H and O–H groups in total. The Labute approximate surface area is 190 Å². The van der Waals surface area contributed by atoms with Crippen LogP contribution in [0.4, 0.5) is 4.79 Å². The number of rotatable bonds is 7. The Hall–Kier alpha value is -2.16. The first-order valence-electron chi connectivity index (χ1n) is 11.6. The molecule has 2 fully saturated rings. The van der Waals surface area contributed by atoms with E-state index in [9.17, 15) is 9.59 Å². The number of nitrogens with one attached hydrogen (secondary N) is 1. The second-order valence-corrected chi connectivity index (χ2v) is 9.59. The minimum absolute atomic E-state index is 0.0561. The molecule has 0 saturated carbocycles. The lowest BCUT2D eigenvalue weighted by Gasteiger charge is -2.45. The molecule has 8 nitrogen and oxygen atoms in total. The topological polar surface area (TPSA) is 83.1 Å². The van der Waals surface area contributed by atoms with Crippen molar-refractivity contribution >= 4 is 12.1 Å². The molecule has 1 aromatic carbocycles. The highest BCUT2D eigenvalue weighted by atomic mass is 16.8. The third kappa shape index (κ3) is 7.46. The molecule has 0 aromatic heterocycles. The minimum atomic E-state index is -0.638. The molecule has 0 unspecified atom stereocenters. The minimum Gasteiger partial charge on any atom is -0.458 e. The zero-order chi connectivity index (χ0) is 23.0. The fourth-order valence-corrected chi connectivity index (χ4v) is 4.40. The molecule has 32 heavy (non-hydrogen) atoms. The van der Waals surface area contributed by atoms with Crippen molar-refractivity contribution in [2.45, 2.75) is 70.8 Å². The van der Waals surface area contributed by atoms with Crippen molar-refractivity contribution in [2.24, 2.45) is 0 Å². The summed E-state index contributed by atoms with van der Waals surface area (Å²) in [4.78, 5) is 30.5. The van der Waals surface area contributed by atoms with Gasteiger partial charge in [-0.15, -0.1) is 4.65 Å². The number of hydroxylamine groups is 3. The van der Waals surface area contributed by atoms with Gasteiger partial charge in [0, 0.05) is 38.8 Å². The number of esters is 1. The van der Waals surface area contributed by atoms with Crippen molar-refractivity contribution < 1.29 is 33.3 Å². The zero-order valence-corrected chi connectivity index (χ0v) is 19.5. The van der Waals surface area contributed by atoms with Gasteiger partial charge in [-0.1, -0.05) is 30.3 Å². The van der Waals surface area contributed by atoms with Crippen LogP contribution in [0.2, 0.25) is 0 Å². The number of nitrogens with zero attached hydrogens (tertiary/aromatic N) is 1. The van der Waals surface area contributed by atoms with E-state index < -0.39 is 11.8 Å². The van der Waals surface area contributed by atoms with Gasteiger partial charge >= 0.3 is 12.1 Å². The lowest BCUT2D eigenvalue weighted by molar-refractivity contribution is -1.11. The van der Waals surface area contributed by atoms with E-state index >= 15 is 0 Å². The van der Waals surface area contributed by atoms with Crippen molar-refractivity contribution in [1.82, 2.24) is 5.32 Å². The van der Waals surface area contributed by atoms with E-state index in [1.807, 2.05) is 51.1 Å². The van der Waals surface area contributed by atoms with E-state index in [-0.39, 0.29) is 36.0 Å². The number of carbonyl (C=O) groups is 2. The maximum Gasteiger partial charge on any atom is 0.560 e. The van der Waals surface area contributed by atoms with E-state index in [4.69, 9.17) is 19.0 Å². The molecule has 2 heterocycles. The predicted octanol–water partition coefficient (Wildman–Crippen LogP) is 3.34. The van der Waals surface area contributed by atoms with Gasteiger partial charge in [-0.3, -0.25) is 0 Å². The van der Waals surface area contributed by atoms with E-state index in [1.54, 1.807) is 0 Å². The molecule has 1 aromatic rings. The molecule has 0 atom stereocenters. The summed E-state index contributed by atoms with van der Waals surface area (Å²) >= 11 is 0. The average Bonchev–Trinajstić information content (AvgIpc) is 2.77. The van der Waals surface area contributed by atoms with Crippen LogP contribution >= 0.6 is 0 Å². The molecule has 178 valence electrons. The molecule has 8 heteroatoms. The van der Waals surface area contributed by atoms with E-state index in [2.05, 4.69) is 5.32 Å². The van der Waals surface area contributed by atoms with Crippen LogP contribution in [-0.4, -0.2) is 67.3 Å². The van der Waals surface area contributed by atoms with Crippen molar-refractivity contribution in [3.63, 3.8) is 0 Å². The van der Waals surface area contributed by atoms with Gasteiger partial charge in [0.05, 0.1) is 6.10 Å². The van der Waals surface area contributed by atoms with Crippen LogP contribution in [0.3, 0.4) is 0 Å². The number of ether oxygens (including phenoxy) is 3. The highest BCUT2D eigenvalue weighted by molar-refractivity contribution is 5.71. The lowest BCUT2D eigenvalue weighted by atomic mass is 9.99. The third-order valence-electron chi connectivity index (χ3n) is 5.95. The van der Waals surface area contributed by atoms with Gasteiger partial charge in [0.25, 0.3) is 0 Å². The fraction of sp³-hybridized carbons (Fsp3) is 0.667. The quantitative estimate of drug-likeness (QED) is 0.505. The van der Waals surface area contributed by atoms with Crippen molar-refractivity contribution in [2.75, 3.05) is 32.8 Å². The molecule has 0 aliphatic carbocycles. The Bertz CT molecular complexity index is 735. The van der Waals surface area contributed by atoms with Gasteiger partial charge < -0.3 is 19.5 Å². The largest absolute Gasteiger partial charge is 0.560 e. The van der Waals surface area contributed by atoms with Gasteiger partial charge in [0.1, 0.15) is 37.9 Å². The molecule has 0 amide bonds. The van der Waals surface area contributed by atoms with Crippen LogP contribution in [0.5, 0.6) is 0 Å². The zero-order valence-electron chi connectivity index (χ0n) is 19.5. The molecule has 3 rings (SSSR count). The normalized spacial score (nSPS) is 24.5. The number of quaternary nitrogens is 1. The molecule has 2 saturated heterocycles. The summed E-state index contributed by atoms with van der Waals surface area (Å²) in [5, 5.41) is 3.37. The predicted molar refractivity (Wildman–Crippen MR) is 118 cm³/mol. The van der Waals surface area contributed by atoms with Crippen molar-refractivity contribution in [3.05, 3.63) is 35.9 Å². The van der Waals surface area contributed by atoms with Crippen LogP contribution in [-0.2, 0) is 30.4 Å². The monoisotopic (exact) mass is 449 g/mol. The average molecular weight is 450 g/mol. The Morgan fingerprint density at radius 2 is 1.69 bits per heavy atom. The van der Waals surface area contributed by atoms with Gasteiger partial charge in [-0.2, -0.15) is 4.79 Å². The number of carbonyl (C=O) groups excluding carboxylic acids is 2. The van der Waals surface area contributed by atoms with Crippen molar-refractivity contribution in [1.29, 1.82) is 0 Å². The molecular formula is C24H37N2O6+. The van der Waals surface area contributed by atoms with E-state index in [0.717, 1.165) is 31.5 Å². The Morgan fingerprint density at radius 3 is 2.31 bits per heavy atom. The maximum absolute atomic E-state index is 12.6. The number of hydrogen-bond acceptors (Lipinski definition) is 7. The summed E-state index contributed by atoms with van der Waals surface area (Å²) in [6, 6.07) is 9.81. The first-order valence-corrected chi connectivity index (χ1v) is 11.6. The van der Waals surface area contributed by atoms with Gasteiger partial charge in [0.2, 0.25) is 0 Å². The highest BCUT2D eigenvalue weighted by Gasteiger charge is 2.46. The van der Waals surface area contributed by atoms with Gasteiger partial charge in [-0.05, 0) is 26.3 Å². The lowest BCUT2D eigenvalue weighted by Crippen LogP contribution is -2.62. The summed E-state index contributed by atoms with van der Waals surface area (Å²) in [7, 11) is 0. The second kappa shape index (κ2) is 11.1. The van der Waals surface area contributed by atoms with Crippen LogP contribution in [0.1, 0.15) is 52.0 Å². The van der Waals surface area contributed by atoms with Gasteiger partial charge in [-0.25, -0.2) is 9.63 Å². The molecule has 0 radical (unpaired) electrons. The third-order valence-corrected chi connectivity index (χ3v) is 5.95. The number of piperidine rings is 2. The Balaban J connectivity index is 1.54. The standard InChI is InChI=1S/C24H37N2O6/c1-24(2,3)31-22(27)18-29-21-11-15-26(16-12-21,20-9-13-25-14-10-20)32-23(28)30-17-19-7-5-4-6-8-19/h4-8,20-21,25H,9-18H2,1-3H3/q+1. The van der Waals surface area contributed by atoms with Crippen LogP contribution in [0.15, 0.2) is 30.3 Å². The number of benzene rings is 1. The van der Waals surface area contributed by atoms with Crippen LogP contribution < -0.4 is 5.32 Å². The van der Waals surface area contributed by atoms with Crippen LogP contribution in [0.25, 0.3) is 0 Å². The highest BCUT2D eigenvalue weighted by Crippen LogP contribution is 2.30. The SMILES string of the molecule is CC(C)(C)OC(=O)COC1CC[N+](OC(=O)OCc2ccccc2)(C2CCNCC2)CC1. The van der Waals surface area contributed by atoms with E-state index in [1.165, 1.54) is 0 Å². The summed E-state index contributed by atoms with van der Waals surface area (Å²) in [6.45, 7) is 8.74.